The first-order chi connectivity index (χ1) is 21.9. The van der Waals surface area contributed by atoms with Crippen LogP contribution in [0.3, 0.4) is 0 Å². The molecule has 1 N–H and O–H groups in total. The van der Waals surface area contributed by atoms with Gasteiger partial charge >= 0.3 is 0 Å². The normalized spacial score (nSPS) is 11.2. The number of carbonyl (C=O) groups excluding carboxylic acids is 1. The van der Waals surface area contributed by atoms with Crippen LogP contribution in [0, 0.1) is 17.0 Å². The maximum Gasteiger partial charge on any atom is 0.273 e. The van der Waals surface area contributed by atoms with Gasteiger partial charge in [-0.05, 0) is 88.6 Å². The van der Waals surface area contributed by atoms with Gasteiger partial charge in [0.2, 0.25) is 0 Å². The van der Waals surface area contributed by atoms with Crippen LogP contribution in [0.4, 0.5) is 11.4 Å². The molecule has 0 heterocycles. The number of benzene rings is 4. The molecule has 15 heteroatoms. The summed E-state index contributed by atoms with van der Waals surface area (Å²) in [6.45, 7) is 1.08. The van der Waals surface area contributed by atoms with Crippen molar-refractivity contribution in [1.29, 1.82) is 0 Å². The summed E-state index contributed by atoms with van der Waals surface area (Å²) >= 11 is 9.42. The molecule has 0 spiro atoms. The Morgan fingerprint density at radius 2 is 1.74 bits per heavy atom. The zero-order valence-electron chi connectivity index (χ0n) is 24.8. The summed E-state index contributed by atoms with van der Waals surface area (Å²) in [6, 6.07) is 20.1. The lowest BCUT2D eigenvalue weighted by Crippen LogP contribution is -2.39. The molecular weight excluding hydrogens is 704 g/mol. The van der Waals surface area contributed by atoms with Crippen molar-refractivity contribution >= 4 is 61.1 Å². The summed E-state index contributed by atoms with van der Waals surface area (Å²) in [4.78, 5) is 23.5. The van der Waals surface area contributed by atoms with Crippen LogP contribution in [0.15, 0.2) is 93.3 Å². The number of nitrogens with one attached hydrogen (secondary N) is 1. The summed E-state index contributed by atoms with van der Waals surface area (Å²) in [5, 5.41) is 16.1. The van der Waals surface area contributed by atoms with Crippen LogP contribution in [-0.2, 0) is 21.4 Å². The average molecular weight is 732 g/mol. The highest BCUT2D eigenvalue weighted by molar-refractivity contribution is 9.10. The van der Waals surface area contributed by atoms with E-state index in [1.807, 2.05) is 12.1 Å². The van der Waals surface area contributed by atoms with Crippen LogP contribution in [0.5, 0.6) is 17.2 Å². The molecule has 0 bridgehead atoms. The Morgan fingerprint density at radius 3 is 2.37 bits per heavy atom. The number of hydrogen-bond donors (Lipinski definition) is 1. The van der Waals surface area contributed by atoms with Gasteiger partial charge in [0, 0.05) is 16.7 Å². The molecule has 0 fully saturated rings. The molecule has 46 heavy (non-hydrogen) atoms. The maximum absolute atomic E-state index is 13.7. The van der Waals surface area contributed by atoms with Gasteiger partial charge < -0.3 is 14.2 Å². The quantitative estimate of drug-likeness (QED) is 0.0962. The Kier molecular flexibility index (Phi) is 11.2. The molecule has 0 saturated heterocycles. The zero-order valence-corrected chi connectivity index (χ0v) is 27.9. The van der Waals surface area contributed by atoms with Crippen LogP contribution >= 0.6 is 27.5 Å². The number of nitro benzene ring substituents is 1. The predicted octanol–water partition coefficient (Wildman–Crippen LogP) is 6.26. The number of ether oxygens (including phenoxy) is 3. The second-order valence-electron chi connectivity index (χ2n) is 9.66. The van der Waals surface area contributed by atoms with Gasteiger partial charge in [0.25, 0.3) is 21.6 Å². The Bertz CT molecular complexity index is 1870. The van der Waals surface area contributed by atoms with Crippen molar-refractivity contribution in [1.82, 2.24) is 5.43 Å². The first kappa shape index (κ1) is 34.2. The number of hydrogen-bond acceptors (Lipinski definition) is 9. The van der Waals surface area contributed by atoms with Crippen molar-refractivity contribution in [2.75, 3.05) is 25.1 Å². The van der Waals surface area contributed by atoms with E-state index >= 15 is 0 Å². The van der Waals surface area contributed by atoms with Crippen molar-refractivity contribution in [2.45, 2.75) is 18.4 Å². The van der Waals surface area contributed by atoms with E-state index in [4.69, 9.17) is 25.8 Å². The van der Waals surface area contributed by atoms with Crippen molar-refractivity contribution < 1.29 is 32.3 Å². The molecular formula is C31H28BrClN4O8S. The number of methoxy groups -OCH3 is 2. The number of nitro groups is 1. The van der Waals surface area contributed by atoms with Crippen LogP contribution in [-0.4, -0.2) is 46.2 Å². The lowest BCUT2D eigenvalue weighted by molar-refractivity contribution is -0.385. The maximum atomic E-state index is 13.7. The summed E-state index contributed by atoms with van der Waals surface area (Å²) < 4.78 is 45.4. The van der Waals surface area contributed by atoms with Gasteiger partial charge in [0.1, 0.15) is 18.9 Å². The Hall–Kier alpha value is -4.66. The molecule has 0 radical (unpaired) electrons. The van der Waals surface area contributed by atoms with Crippen LogP contribution in [0.2, 0.25) is 5.02 Å². The number of hydrazone groups is 1. The van der Waals surface area contributed by atoms with Crippen LogP contribution in [0.1, 0.15) is 16.7 Å². The third kappa shape index (κ3) is 8.33. The van der Waals surface area contributed by atoms with Gasteiger partial charge in [-0.1, -0.05) is 29.8 Å². The highest BCUT2D eigenvalue weighted by Crippen LogP contribution is 2.37. The zero-order chi connectivity index (χ0) is 33.4. The molecule has 0 aromatic heterocycles. The standard InChI is InChI=1S/C31H28BrClN4O8S/c1-20-4-13-26(16-28(20)37(39)40)46(41,42)36(24-9-11-25(43-2)12-10-24)18-30(38)35-34-17-22-14-27(32)31(29(15-22)44-3)45-19-21-5-7-23(33)8-6-21/h4-17H,18-19H2,1-3H3,(H,35,38)/b34-17-. The second kappa shape index (κ2) is 15.1. The highest BCUT2D eigenvalue weighted by Gasteiger charge is 2.29. The number of anilines is 1. The van der Waals surface area contributed by atoms with Gasteiger partial charge in [-0.25, -0.2) is 13.8 Å². The van der Waals surface area contributed by atoms with E-state index in [0.29, 0.717) is 32.3 Å². The van der Waals surface area contributed by atoms with E-state index in [-0.39, 0.29) is 28.4 Å². The van der Waals surface area contributed by atoms with Gasteiger partial charge in [0.05, 0.1) is 40.4 Å². The number of nitrogens with zero attached hydrogens (tertiary/aromatic N) is 3. The van der Waals surface area contributed by atoms with Gasteiger partial charge in [-0.3, -0.25) is 19.2 Å². The molecule has 4 aromatic rings. The molecule has 0 aliphatic rings. The molecule has 0 aliphatic heterocycles. The molecule has 4 aromatic carbocycles. The van der Waals surface area contributed by atoms with Crippen LogP contribution < -0.4 is 23.9 Å². The molecule has 1 amide bonds. The Balaban J connectivity index is 1.53. The number of sulfonamides is 1. The van der Waals surface area contributed by atoms with E-state index in [1.54, 1.807) is 24.3 Å². The number of carbonyl (C=O) groups is 1. The SMILES string of the molecule is COc1ccc(N(CC(=O)N/N=C\c2cc(Br)c(OCc3ccc(Cl)cc3)c(OC)c2)S(=O)(=O)c2ccc(C)c([N+](=O)[O-])c2)cc1. The highest BCUT2D eigenvalue weighted by atomic mass is 79.9. The Morgan fingerprint density at radius 1 is 1.04 bits per heavy atom. The summed E-state index contributed by atoms with van der Waals surface area (Å²) in [5.41, 5.74) is 3.82. The van der Waals surface area contributed by atoms with Crippen molar-refractivity contribution in [3.63, 3.8) is 0 Å². The summed E-state index contributed by atoms with van der Waals surface area (Å²) in [6.07, 6.45) is 1.35. The van der Waals surface area contributed by atoms with E-state index in [1.165, 1.54) is 63.8 Å². The lowest BCUT2D eigenvalue weighted by atomic mass is 10.2. The van der Waals surface area contributed by atoms with E-state index in [2.05, 4.69) is 26.5 Å². The monoisotopic (exact) mass is 730 g/mol. The van der Waals surface area contributed by atoms with Crippen molar-refractivity contribution in [3.8, 4) is 17.2 Å². The fourth-order valence-corrected chi connectivity index (χ4v) is 6.31. The van der Waals surface area contributed by atoms with E-state index in [9.17, 15) is 23.3 Å². The smallest absolute Gasteiger partial charge is 0.273 e. The average Bonchev–Trinajstić information content (AvgIpc) is 3.03. The topological polar surface area (TPSA) is 150 Å². The first-order valence-electron chi connectivity index (χ1n) is 13.4. The van der Waals surface area contributed by atoms with E-state index < -0.39 is 27.4 Å². The fourth-order valence-electron chi connectivity index (χ4n) is 4.17. The first-order valence-corrected chi connectivity index (χ1v) is 16.0. The van der Waals surface area contributed by atoms with Crippen LogP contribution in [0.25, 0.3) is 0 Å². The number of aryl methyl sites for hydroxylation is 1. The Labute approximate surface area is 278 Å². The minimum atomic E-state index is -4.43. The van der Waals surface area contributed by atoms with Gasteiger partial charge in [0.15, 0.2) is 11.5 Å². The molecule has 0 unspecified atom stereocenters. The van der Waals surface area contributed by atoms with Gasteiger partial charge in [-0.2, -0.15) is 5.10 Å². The summed E-state index contributed by atoms with van der Waals surface area (Å²) in [7, 11) is -1.50. The largest absolute Gasteiger partial charge is 0.497 e. The summed E-state index contributed by atoms with van der Waals surface area (Å²) in [5.74, 6) is 0.547. The van der Waals surface area contributed by atoms with Crippen molar-refractivity contribution in [3.05, 3.63) is 115 Å². The number of rotatable bonds is 13. The third-order valence-corrected chi connectivity index (χ3v) is 9.17. The molecule has 12 nitrogen and oxygen atoms in total. The minimum Gasteiger partial charge on any atom is -0.497 e. The fraction of sp³-hybridized carbons (Fsp3) is 0.161. The minimum absolute atomic E-state index is 0.131. The predicted molar refractivity (Wildman–Crippen MR) is 178 cm³/mol. The molecule has 0 saturated carbocycles. The second-order valence-corrected chi connectivity index (χ2v) is 12.8. The number of halogens is 2. The van der Waals surface area contributed by atoms with Gasteiger partial charge in [-0.15, -0.1) is 0 Å². The lowest BCUT2D eigenvalue weighted by Gasteiger charge is -2.24. The molecule has 4 rings (SSSR count). The molecule has 0 atom stereocenters. The van der Waals surface area contributed by atoms with Crippen molar-refractivity contribution in [2.24, 2.45) is 5.10 Å². The van der Waals surface area contributed by atoms with E-state index in [0.717, 1.165) is 15.9 Å². The molecule has 240 valence electrons. The number of amides is 1. The third-order valence-electron chi connectivity index (χ3n) is 6.56. The molecule has 0 aliphatic carbocycles.